The van der Waals surface area contributed by atoms with Crippen LogP contribution in [0.2, 0.25) is 0 Å². The summed E-state index contributed by atoms with van der Waals surface area (Å²) in [5.41, 5.74) is -0.0618. The molecule has 0 saturated carbocycles. The number of benzene rings is 1. The molecule has 0 heterocycles. The van der Waals surface area contributed by atoms with E-state index in [0.29, 0.717) is 10.0 Å². The van der Waals surface area contributed by atoms with Gasteiger partial charge in [-0.2, -0.15) is 0 Å². The van der Waals surface area contributed by atoms with E-state index in [4.69, 9.17) is 0 Å². The van der Waals surface area contributed by atoms with E-state index in [1.165, 1.54) is 6.07 Å². The highest BCUT2D eigenvalue weighted by Gasteiger charge is 2.35. The lowest BCUT2D eigenvalue weighted by atomic mass is 9.87. The molecular weight excluding hydrogens is 321 g/mol. The molecule has 0 aliphatic carbocycles. The lowest BCUT2D eigenvalue weighted by molar-refractivity contribution is -0.129. The molecule has 1 rings (SSSR count). The molecule has 4 heteroatoms. The van der Waals surface area contributed by atoms with Crippen LogP contribution in [0.15, 0.2) is 22.7 Å². The summed E-state index contributed by atoms with van der Waals surface area (Å²) >= 11 is 3.23. The molecule has 0 saturated heterocycles. The van der Waals surface area contributed by atoms with Crippen molar-refractivity contribution in [2.45, 2.75) is 46.1 Å². The van der Waals surface area contributed by atoms with Gasteiger partial charge in [0.05, 0.1) is 5.54 Å². The number of rotatable bonds is 7. The van der Waals surface area contributed by atoms with Crippen LogP contribution < -0.4 is 0 Å². The fraction of sp³-hybridized carbons (Fsp3) is 0.562. The first-order valence-corrected chi connectivity index (χ1v) is 7.90. The van der Waals surface area contributed by atoms with Gasteiger partial charge >= 0.3 is 0 Å². The monoisotopic (exact) mass is 343 g/mol. The lowest BCUT2D eigenvalue weighted by Gasteiger charge is -2.38. The molecule has 1 aromatic rings. The molecule has 2 nitrogen and oxygen atoms in total. The summed E-state index contributed by atoms with van der Waals surface area (Å²) in [6.45, 7) is 9.69. The average molecular weight is 344 g/mol. The van der Waals surface area contributed by atoms with Crippen LogP contribution in [0.5, 0.6) is 0 Å². The van der Waals surface area contributed by atoms with Gasteiger partial charge in [-0.1, -0.05) is 42.8 Å². The number of ketones is 1. The Balaban J connectivity index is 2.97. The van der Waals surface area contributed by atoms with Crippen molar-refractivity contribution < 1.29 is 9.18 Å². The Labute approximate surface area is 129 Å². The summed E-state index contributed by atoms with van der Waals surface area (Å²) < 4.78 is 14.6. The van der Waals surface area contributed by atoms with Gasteiger partial charge in [-0.15, -0.1) is 0 Å². The van der Waals surface area contributed by atoms with E-state index >= 15 is 0 Å². The number of Topliss-reactive ketones (excluding diaryl/α,β-unsaturated/α-hetero) is 1. The summed E-state index contributed by atoms with van der Waals surface area (Å²) in [5.74, 6) is -0.254. The molecule has 20 heavy (non-hydrogen) atoms. The van der Waals surface area contributed by atoms with E-state index in [2.05, 4.69) is 20.8 Å². The van der Waals surface area contributed by atoms with Crippen molar-refractivity contribution in [2.75, 3.05) is 13.1 Å². The minimum absolute atomic E-state index is 0.0740. The molecule has 1 atom stereocenters. The molecule has 0 fully saturated rings. The second-order valence-corrected chi connectivity index (χ2v) is 6.05. The van der Waals surface area contributed by atoms with Crippen molar-refractivity contribution in [2.24, 2.45) is 0 Å². The second-order valence-electron chi connectivity index (χ2n) is 5.14. The van der Waals surface area contributed by atoms with E-state index in [-0.39, 0.29) is 18.0 Å². The van der Waals surface area contributed by atoms with Crippen LogP contribution in [0.4, 0.5) is 4.39 Å². The molecule has 1 unspecified atom stereocenters. The number of carbonyl (C=O) groups is 1. The molecule has 0 aliphatic rings. The zero-order valence-electron chi connectivity index (χ0n) is 12.7. The third kappa shape index (κ3) is 3.67. The fourth-order valence-electron chi connectivity index (χ4n) is 2.55. The van der Waals surface area contributed by atoms with Crippen molar-refractivity contribution in [1.82, 2.24) is 4.90 Å². The molecule has 0 bridgehead atoms. The highest BCUT2D eigenvalue weighted by molar-refractivity contribution is 9.10. The molecule has 0 aromatic heterocycles. The SMILES string of the molecule is CCN(CC)C(C)(CC)C(=O)Cc1ccc(Br)cc1F. The molecule has 0 aliphatic heterocycles. The van der Waals surface area contributed by atoms with Crippen LogP contribution in [0.3, 0.4) is 0 Å². The minimum Gasteiger partial charge on any atom is -0.297 e. The van der Waals surface area contributed by atoms with Crippen molar-refractivity contribution in [1.29, 1.82) is 0 Å². The number of hydrogen-bond donors (Lipinski definition) is 0. The van der Waals surface area contributed by atoms with Gasteiger partial charge in [0.25, 0.3) is 0 Å². The van der Waals surface area contributed by atoms with Gasteiger partial charge in [0, 0.05) is 10.9 Å². The number of hydrogen-bond acceptors (Lipinski definition) is 2. The standard InChI is InChI=1S/C16H23BrFNO/c1-5-16(4,19(6-2)7-3)15(20)10-12-8-9-13(17)11-14(12)18/h8-9,11H,5-7,10H2,1-4H3. The Kier molecular flexibility index (Phi) is 6.34. The third-order valence-corrected chi connectivity index (χ3v) is 4.61. The Morgan fingerprint density at radius 3 is 2.35 bits per heavy atom. The zero-order valence-corrected chi connectivity index (χ0v) is 14.3. The summed E-state index contributed by atoms with van der Waals surface area (Å²) in [6, 6.07) is 4.85. The number of carbonyl (C=O) groups excluding carboxylic acids is 1. The molecule has 0 amide bonds. The van der Waals surface area contributed by atoms with Crippen molar-refractivity contribution in [3.8, 4) is 0 Å². The molecular formula is C16H23BrFNO. The first-order valence-electron chi connectivity index (χ1n) is 7.11. The summed E-state index contributed by atoms with van der Waals surface area (Å²) in [4.78, 5) is 14.8. The zero-order chi connectivity index (χ0) is 15.3. The van der Waals surface area contributed by atoms with Crippen LogP contribution in [-0.2, 0) is 11.2 Å². The average Bonchev–Trinajstić information content (AvgIpc) is 2.42. The van der Waals surface area contributed by atoms with E-state index in [1.54, 1.807) is 12.1 Å². The number of nitrogens with zero attached hydrogens (tertiary/aromatic N) is 1. The Morgan fingerprint density at radius 1 is 1.30 bits per heavy atom. The van der Waals surface area contributed by atoms with Gasteiger partial charge in [-0.05, 0) is 44.1 Å². The fourth-order valence-corrected chi connectivity index (χ4v) is 2.88. The van der Waals surface area contributed by atoms with Crippen LogP contribution in [0.25, 0.3) is 0 Å². The van der Waals surface area contributed by atoms with Gasteiger partial charge in [0.1, 0.15) is 5.82 Å². The summed E-state index contributed by atoms with van der Waals surface area (Å²) in [7, 11) is 0. The predicted octanol–water partition coefficient (Wildman–Crippen LogP) is 4.21. The molecule has 0 N–H and O–H groups in total. The largest absolute Gasteiger partial charge is 0.297 e. The number of halogens is 2. The number of likely N-dealkylation sites (N-methyl/N-ethyl adjacent to an activating group) is 1. The van der Waals surface area contributed by atoms with E-state index in [0.717, 1.165) is 19.5 Å². The third-order valence-electron chi connectivity index (χ3n) is 4.12. The predicted molar refractivity (Wildman–Crippen MR) is 84.4 cm³/mol. The van der Waals surface area contributed by atoms with Crippen molar-refractivity contribution in [3.05, 3.63) is 34.1 Å². The summed E-state index contributed by atoms with van der Waals surface area (Å²) in [6.07, 6.45) is 0.867. The Morgan fingerprint density at radius 2 is 1.90 bits per heavy atom. The maximum absolute atomic E-state index is 13.9. The first-order chi connectivity index (χ1) is 9.38. The topological polar surface area (TPSA) is 20.3 Å². The maximum Gasteiger partial charge on any atom is 0.157 e. The van der Waals surface area contributed by atoms with Crippen LogP contribution in [-0.4, -0.2) is 29.3 Å². The van der Waals surface area contributed by atoms with Gasteiger partial charge in [0.2, 0.25) is 0 Å². The molecule has 0 radical (unpaired) electrons. The van der Waals surface area contributed by atoms with Gasteiger partial charge < -0.3 is 0 Å². The lowest BCUT2D eigenvalue weighted by Crippen LogP contribution is -2.52. The molecule has 1 aromatic carbocycles. The quantitative estimate of drug-likeness (QED) is 0.739. The van der Waals surface area contributed by atoms with E-state index in [9.17, 15) is 9.18 Å². The Hall–Kier alpha value is -0.740. The maximum atomic E-state index is 13.9. The van der Waals surface area contributed by atoms with E-state index in [1.807, 2.05) is 27.7 Å². The Bertz CT molecular complexity index is 474. The van der Waals surface area contributed by atoms with Crippen LogP contribution in [0, 0.1) is 5.82 Å². The van der Waals surface area contributed by atoms with Crippen molar-refractivity contribution in [3.63, 3.8) is 0 Å². The van der Waals surface area contributed by atoms with Crippen LogP contribution in [0.1, 0.15) is 39.7 Å². The minimum atomic E-state index is -0.525. The molecule has 0 spiro atoms. The first kappa shape index (κ1) is 17.3. The summed E-state index contributed by atoms with van der Waals surface area (Å²) in [5, 5.41) is 0. The highest BCUT2D eigenvalue weighted by atomic mass is 79.9. The van der Waals surface area contributed by atoms with Gasteiger partial charge in [-0.3, -0.25) is 9.69 Å². The van der Waals surface area contributed by atoms with Crippen molar-refractivity contribution >= 4 is 21.7 Å². The van der Waals surface area contributed by atoms with Crippen LogP contribution >= 0.6 is 15.9 Å². The second kappa shape index (κ2) is 7.32. The van der Waals surface area contributed by atoms with Gasteiger partial charge in [-0.25, -0.2) is 4.39 Å². The highest BCUT2D eigenvalue weighted by Crippen LogP contribution is 2.24. The normalized spacial score (nSPS) is 14.3. The smallest absolute Gasteiger partial charge is 0.157 e. The molecule has 112 valence electrons. The van der Waals surface area contributed by atoms with Gasteiger partial charge in [0.15, 0.2) is 5.78 Å². The van der Waals surface area contributed by atoms with E-state index < -0.39 is 5.54 Å².